The molecule has 188 valence electrons. The van der Waals surface area contributed by atoms with E-state index in [0.717, 1.165) is 44.1 Å². The lowest BCUT2D eigenvalue weighted by atomic mass is 10.2. The van der Waals surface area contributed by atoms with Crippen molar-refractivity contribution in [3.63, 3.8) is 0 Å². The smallest absolute Gasteiger partial charge is 0.256 e. The zero-order valence-electron chi connectivity index (χ0n) is 20.7. The molecule has 4 heterocycles. The van der Waals surface area contributed by atoms with Crippen LogP contribution < -0.4 is 16.4 Å². The van der Waals surface area contributed by atoms with Crippen LogP contribution in [0.1, 0.15) is 20.9 Å². The minimum absolute atomic E-state index is 0.294. The maximum atomic E-state index is 12.8. The molecule has 0 unspecified atom stereocenters. The Hall–Kier alpha value is -4.96. The number of nitrogens with one attached hydrogen (secondary N) is 2. The molecule has 10 heteroatoms. The van der Waals surface area contributed by atoms with E-state index in [1.807, 2.05) is 73.8 Å². The molecule has 9 nitrogen and oxygen atoms in total. The maximum Gasteiger partial charge on any atom is 0.256 e. The quantitative estimate of drug-likeness (QED) is 0.254. The summed E-state index contributed by atoms with van der Waals surface area (Å²) in [4.78, 5) is 23.4. The number of hydrogen-bond acceptors (Lipinski definition) is 7. The standard InChI is InChI=1S/C28H24N8OS/c1-17-25(35-15-7-6-10-23(35)30-17)24-18(2)38-28(32-24)31-20-13-11-19(12-14-20)27(37)33-26-22(29)16-36(34-26)21-8-4-3-5-9-21/h3-16H,29H2,1-2H3,(H,31,32)(H,33,34,37). The van der Waals surface area contributed by atoms with Crippen LogP contribution in [-0.2, 0) is 0 Å². The van der Waals surface area contributed by atoms with Gasteiger partial charge < -0.3 is 16.4 Å². The minimum Gasteiger partial charge on any atom is -0.394 e. The highest BCUT2D eigenvalue weighted by atomic mass is 32.1. The Morgan fingerprint density at radius 1 is 0.947 bits per heavy atom. The van der Waals surface area contributed by atoms with E-state index >= 15 is 0 Å². The first-order valence-corrected chi connectivity index (χ1v) is 12.8. The summed E-state index contributed by atoms with van der Waals surface area (Å²) in [5, 5.41) is 11.3. The topological polar surface area (TPSA) is 115 Å². The van der Waals surface area contributed by atoms with E-state index in [1.165, 1.54) is 0 Å². The highest BCUT2D eigenvalue weighted by molar-refractivity contribution is 7.16. The van der Waals surface area contributed by atoms with Gasteiger partial charge in [-0.15, -0.1) is 16.4 Å². The van der Waals surface area contributed by atoms with Crippen molar-refractivity contribution >= 4 is 45.2 Å². The van der Waals surface area contributed by atoms with E-state index in [-0.39, 0.29) is 5.91 Å². The number of hydrogen-bond donors (Lipinski definition) is 3. The molecule has 0 bridgehead atoms. The van der Waals surface area contributed by atoms with Crippen molar-refractivity contribution in [1.29, 1.82) is 0 Å². The van der Waals surface area contributed by atoms with Crippen LogP contribution in [0.5, 0.6) is 0 Å². The lowest BCUT2D eigenvalue weighted by Gasteiger charge is -2.06. The molecule has 0 saturated carbocycles. The fraction of sp³-hybridized carbons (Fsp3) is 0.0714. The van der Waals surface area contributed by atoms with Crippen molar-refractivity contribution in [2.24, 2.45) is 0 Å². The number of anilines is 4. The van der Waals surface area contributed by atoms with Crippen LogP contribution in [0, 0.1) is 13.8 Å². The van der Waals surface area contributed by atoms with Gasteiger partial charge in [0.1, 0.15) is 11.3 Å². The molecule has 6 rings (SSSR count). The van der Waals surface area contributed by atoms with Gasteiger partial charge in [0, 0.05) is 22.3 Å². The van der Waals surface area contributed by atoms with Crippen molar-refractivity contribution in [3.8, 4) is 17.1 Å². The van der Waals surface area contributed by atoms with Crippen LogP contribution in [-0.4, -0.2) is 30.1 Å². The number of rotatable bonds is 6. The second-order valence-corrected chi connectivity index (χ2v) is 9.97. The molecule has 1 amide bonds. The summed E-state index contributed by atoms with van der Waals surface area (Å²) in [5.74, 6) is 0.0200. The van der Waals surface area contributed by atoms with E-state index in [4.69, 9.17) is 10.7 Å². The molecule has 4 N–H and O–H groups in total. The molecule has 38 heavy (non-hydrogen) atoms. The third kappa shape index (κ3) is 4.37. The Morgan fingerprint density at radius 3 is 2.50 bits per heavy atom. The Morgan fingerprint density at radius 2 is 1.71 bits per heavy atom. The largest absolute Gasteiger partial charge is 0.394 e. The number of fused-ring (bicyclic) bond motifs is 1. The molecule has 0 aliphatic rings. The van der Waals surface area contributed by atoms with E-state index in [9.17, 15) is 4.79 Å². The van der Waals surface area contributed by atoms with Gasteiger partial charge in [-0.25, -0.2) is 14.6 Å². The summed E-state index contributed by atoms with van der Waals surface area (Å²) in [6, 6.07) is 22.7. The van der Waals surface area contributed by atoms with Gasteiger partial charge in [0.15, 0.2) is 10.9 Å². The zero-order chi connectivity index (χ0) is 26.2. The van der Waals surface area contributed by atoms with E-state index < -0.39 is 0 Å². The Kier molecular flexibility index (Phi) is 5.85. The first-order chi connectivity index (χ1) is 18.5. The first kappa shape index (κ1) is 23.4. The van der Waals surface area contributed by atoms with Crippen LogP contribution in [0.3, 0.4) is 0 Å². The molecule has 0 saturated heterocycles. The van der Waals surface area contributed by atoms with E-state index in [2.05, 4.69) is 32.0 Å². The molecule has 0 aliphatic carbocycles. The van der Waals surface area contributed by atoms with Gasteiger partial charge in [-0.2, -0.15) is 0 Å². The Balaban J connectivity index is 1.17. The number of nitrogens with two attached hydrogens (primary N) is 1. The number of thiazole rings is 1. The van der Waals surface area contributed by atoms with Crippen LogP contribution in [0.15, 0.2) is 85.2 Å². The number of nitrogens with zero attached hydrogens (tertiary/aromatic N) is 5. The molecule has 0 aliphatic heterocycles. The lowest BCUT2D eigenvalue weighted by Crippen LogP contribution is -2.13. The van der Waals surface area contributed by atoms with Crippen LogP contribution >= 0.6 is 11.3 Å². The summed E-state index contributed by atoms with van der Waals surface area (Å²) in [6.07, 6.45) is 3.68. The van der Waals surface area contributed by atoms with Crippen LogP contribution in [0.2, 0.25) is 0 Å². The van der Waals surface area contributed by atoms with Crippen molar-refractivity contribution in [1.82, 2.24) is 24.1 Å². The number of carbonyl (C=O) groups is 1. The summed E-state index contributed by atoms with van der Waals surface area (Å²) in [6.45, 7) is 4.05. The SMILES string of the molecule is Cc1nc2ccccn2c1-c1nc(Nc2ccc(C(=O)Nc3nn(-c4ccccc4)cc3N)cc2)sc1C. The third-order valence-electron chi connectivity index (χ3n) is 6.12. The number of pyridine rings is 1. The number of amides is 1. The third-order valence-corrected chi connectivity index (χ3v) is 7.00. The monoisotopic (exact) mass is 520 g/mol. The van der Waals surface area contributed by atoms with Crippen LogP contribution in [0.25, 0.3) is 22.7 Å². The average molecular weight is 521 g/mol. The Labute approximate surface area is 222 Å². The summed E-state index contributed by atoms with van der Waals surface area (Å²) < 4.78 is 3.70. The first-order valence-electron chi connectivity index (χ1n) is 12.0. The van der Waals surface area contributed by atoms with Crippen molar-refractivity contribution in [2.75, 3.05) is 16.4 Å². The van der Waals surface area contributed by atoms with Gasteiger partial charge in [-0.1, -0.05) is 24.3 Å². The number of carbonyl (C=O) groups excluding carboxylic acids is 1. The second kappa shape index (κ2) is 9.49. The van der Waals surface area contributed by atoms with Gasteiger partial charge in [0.25, 0.3) is 5.91 Å². The van der Waals surface area contributed by atoms with Crippen molar-refractivity contribution in [3.05, 3.63) is 101 Å². The molecule has 4 aromatic heterocycles. The molecular formula is C28H24N8OS. The van der Waals surface area contributed by atoms with E-state index in [1.54, 1.807) is 34.3 Å². The number of benzene rings is 2. The fourth-order valence-corrected chi connectivity index (χ4v) is 5.11. The highest BCUT2D eigenvalue weighted by Crippen LogP contribution is 2.34. The molecular weight excluding hydrogens is 496 g/mol. The predicted molar refractivity (Wildman–Crippen MR) is 151 cm³/mol. The van der Waals surface area contributed by atoms with Gasteiger partial charge in [0.05, 0.1) is 29.0 Å². The zero-order valence-corrected chi connectivity index (χ0v) is 21.5. The van der Waals surface area contributed by atoms with Gasteiger partial charge in [-0.3, -0.25) is 9.20 Å². The summed E-state index contributed by atoms with van der Waals surface area (Å²) >= 11 is 1.57. The second-order valence-electron chi connectivity index (χ2n) is 8.77. The molecule has 0 radical (unpaired) electrons. The number of para-hydroxylation sites is 1. The van der Waals surface area contributed by atoms with Crippen molar-refractivity contribution in [2.45, 2.75) is 13.8 Å². The summed E-state index contributed by atoms with van der Waals surface area (Å²) in [5.41, 5.74) is 12.3. The molecule has 0 spiro atoms. The normalized spacial score (nSPS) is 11.1. The molecule has 2 aromatic carbocycles. The number of aryl methyl sites for hydroxylation is 2. The summed E-state index contributed by atoms with van der Waals surface area (Å²) in [7, 11) is 0. The fourth-order valence-electron chi connectivity index (χ4n) is 4.27. The van der Waals surface area contributed by atoms with Gasteiger partial charge in [-0.05, 0) is 62.4 Å². The molecule has 0 atom stereocenters. The maximum absolute atomic E-state index is 12.8. The van der Waals surface area contributed by atoms with Gasteiger partial charge >= 0.3 is 0 Å². The van der Waals surface area contributed by atoms with E-state index in [0.29, 0.717) is 17.1 Å². The minimum atomic E-state index is -0.294. The van der Waals surface area contributed by atoms with Crippen LogP contribution in [0.4, 0.5) is 22.3 Å². The number of nitrogen functional groups attached to an aromatic ring is 1. The molecule has 6 aromatic rings. The number of aromatic nitrogens is 5. The predicted octanol–water partition coefficient (Wildman–Crippen LogP) is 5.84. The Bertz CT molecular complexity index is 1770. The van der Waals surface area contributed by atoms with Crippen molar-refractivity contribution < 1.29 is 4.79 Å². The lowest BCUT2D eigenvalue weighted by molar-refractivity contribution is 0.102. The highest BCUT2D eigenvalue weighted by Gasteiger charge is 2.18. The molecule has 0 fully saturated rings. The number of imidazole rings is 1. The average Bonchev–Trinajstić information content (AvgIpc) is 3.58. The van der Waals surface area contributed by atoms with Gasteiger partial charge in [0.2, 0.25) is 0 Å².